The normalized spacial score (nSPS) is 13.1. The second kappa shape index (κ2) is 12.1. The van der Waals surface area contributed by atoms with Gasteiger partial charge < -0.3 is 9.32 Å². The van der Waals surface area contributed by atoms with Crippen LogP contribution in [-0.2, 0) is 5.41 Å². The molecule has 1 aliphatic rings. The molecule has 0 saturated carbocycles. The molecule has 0 unspecified atom stereocenters. The number of fused-ring (bicyclic) bond motifs is 9. The fourth-order valence-corrected chi connectivity index (χ4v) is 9.06. The molecule has 0 saturated heterocycles. The predicted molar refractivity (Wildman–Crippen MR) is 232 cm³/mol. The van der Waals surface area contributed by atoms with Crippen molar-refractivity contribution in [1.29, 1.82) is 0 Å². The molecule has 0 atom stereocenters. The molecule has 0 N–H and O–H groups in total. The Bertz CT molecular complexity index is 3130. The van der Waals surface area contributed by atoms with Crippen LogP contribution >= 0.6 is 0 Å². The lowest BCUT2D eigenvalue weighted by molar-refractivity contribution is 0.660. The number of nitrogens with zero attached hydrogens (tertiary/aromatic N) is 1. The molecule has 0 radical (unpaired) electrons. The van der Waals surface area contributed by atoms with Gasteiger partial charge in [0.05, 0.1) is 0 Å². The minimum Gasteiger partial charge on any atom is -0.455 e. The largest absolute Gasteiger partial charge is 0.455 e. The summed E-state index contributed by atoms with van der Waals surface area (Å²) in [6.45, 7) is 4.70. The van der Waals surface area contributed by atoms with Gasteiger partial charge in [0.15, 0.2) is 0 Å². The monoisotopic (exact) mass is 703 g/mol. The SMILES string of the molecule is CC1(C)c2ccccc2-c2ccc(N(c3ccc(-c4cccc5c4oc4ccc6ccccc6c45)cc3)c3cccc(-c4ccc5ccccc5c4)c3)cc21. The van der Waals surface area contributed by atoms with E-state index < -0.39 is 0 Å². The van der Waals surface area contributed by atoms with E-state index in [2.05, 4.69) is 207 Å². The maximum atomic E-state index is 6.62. The first-order valence-electron chi connectivity index (χ1n) is 19.1. The van der Waals surface area contributed by atoms with Gasteiger partial charge in [-0.15, -0.1) is 0 Å². The average Bonchev–Trinajstić information content (AvgIpc) is 3.73. The second-order valence-corrected chi connectivity index (χ2v) is 15.3. The van der Waals surface area contributed by atoms with E-state index in [-0.39, 0.29) is 5.41 Å². The van der Waals surface area contributed by atoms with Crippen LogP contribution in [0.3, 0.4) is 0 Å². The molecule has 2 nitrogen and oxygen atoms in total. The minimum absolute atomic E-state index is 0.110. The van der Waals surface area contributed by atoms with Gasteiger partial charge in [-0.05, 0) is 109 Å². The summed E-state index contributed by atoms with van der Waals surface area (Å²) in [4.78, 5) is 2.40. The summed E-state index contributed by atoms with van der Waals surface area (Å²) in [6.07, 6.45) is 0. The highest BCUT2D eigenvalue weighted by molar-refractivity contribution is 6.20. The summed E-state index contributed by atoms with van der Waals surface area (Å²) >= 11 is 0. The second-order valence-electron chi connectivity index (χ2n) is 15.3. The molecule has 1 heterocycles. The molecule has 2 heteroatoms. The van der Waals surface area contributed by atoms with Crippen LogP contribution in [0.5, 0.6) is 0 Å². The minimum atomic E-state index is -0.110. The summed E-state index contributed by atoms with van der Waals surface area (Å²) in [5, 5.41) is 7.24. The molecule has 1 aromatic heterocycles. The zero-order chi connectivity index (χ0) is 36.7. The highest BCUT2D eigenvalue weighted by atomic mass is 16.3. The topological polar surface area (TPSA) is 16.4 Å². The quantitative estimate of drug-likeness (QED) is 0.177. The van der Waals surface area contributed by atoms with Gasteiger partial charge in [-0.2, -0.15) is 0 Å². The van der Waals surface area contributed by atoms with E-state index in [1.807, 2.05) is 0 Å². The standard InChI is InChI=1S/C53H37NO/c1-53(2)48-20-8-7-17-45(48)46-29-28-42(33-49(46)53)54(41-15-9-14-38(32-41)39-22-21-34-11-3-4-13-37(34)31-39)40-26-23-36(24-27-40)44-18-10-19-47-51-43-16-6-5-12-35(43)25-30-50(51)55-52(44)47/h3-33H,1-2H3. The Balaban J connectivity index is 1.05. The van der Waals surface area contributed by atoms with Gasteiger partial charge in [0.2, 0.25) is 0 Å². The van der Waals surface area contributed by atoms with E-state index in [1.165, 1.54) is 60.3 Å². The first-order chi connectivity index (χ1) is 27.0. The van der Waals surface area contributed by atoms with Crippen molar-refractivity contribution in [2.24, 2.45) is 0 Å². The van der Waals surface area contributed by atoms with Crippen LogP contribution in [0.25, 0.3) is 76.9 Å². The van der Waals surface area contributed by atoms with Gasteiger partial charge >= 0.3 is 0 Å². The maximum Gasteiger partial charge on any atom is 0.143 e. The van der Waals surface area contributed by atoms with Crippen molar-refractivity contribution in [2.75, 3.05) is 4.90 Å². The van der Waals surface area contributed by atoms with Crippen molar-refractivity contribution >= 4 is 60.5 Å². The molecular formula is C53H37NO. The molecule has 260 valence electrons. The molecule has 9 aromatic carbocycles. The highest BCUT2D eigenvalue weighted by Gasteiger charge is 2.35. The summed E-state index contributed by atoms with van der Waals surface area (Å²) in [6, 6.07) is 68.4. The fourth-order valence-electron chi connectivity index (χ4n) is 9.06. The first-order valence-corrected chi connectivity index (χ1v) is 19.1. The van der Waals surface area contributed by atoms with Crippen LogP contribution in [0.15, 0.2) is 192 Å². The molecule has 10 aromatic rings. The molecule has 0 bridgehead atoms. The fraction of sp³-hybridized carbons (Fsp3) is 0.0566. The number of benzene rings is 9. The number of hydrogen-bond acceptors (Lipinski definition) is 2. The third kappa shape index (κ3) is 4.95. The Labute approximate surface area is 320 Å². The lowest BCUT2D eigenvalue weighted by atomic mass is 9.82. The molecule has 0 fully saturated rings. The lowest BCUT2D eigenvalue weighted by Crippen LogP contribution is -2.16. The van der Waals surface area contributed by atoms with Crippen molar-refractivity contribution < 1.29 is 4.42 Å². The van der Waals surface area contributed by atoms with Crippen molar-refractivity contribution in [1.82, 2.24) is 0 Å². The average molecular weight is 704 g/mol. The summed E-state index contributed by atoms with van der Waals surface area (Å²) in [5.74, 6) is 0. The van der Waals surface area contributed by atoms with E-state index in [0.717, 1.165) is 44.7 Å². The van der Waals surface area contributed by atoms with Crippen molar-refractivity contribution in [3.05, 3.63) is 199 Å². The molecular weight excluding hydrogens is 667 g/mol. The lowest BCUT2D eigenvalue weighted by Gasteiger charge is -2.28. The Hall–Kier alpha value is -6.90. The van der Waals surface area contributed by atoms with E-state index in [4.69, 9.17) is 4.42 Å². The Morgan fingerprint density at radius 2 is 1.04 bits per heavy atom. The Kier molecular flexibility index (Phi) is 6.93. The number of hydrogen-bond donors (Lipinski definition) is 0. The molecule has 11 rings (SSSR count). The van der Waals surface area contributed by atoms with Gasteiger partial charge in [-0.3, -0.25) is 0 Å². The maximum absolute atomic E-state index is 6.62. The molecule has 0 amide bonds. The zero-order valence-corrected chi connectivity index (χ0v) is 30.8. The summed E-state index contributed by atoms with van der Waals surface area (Å²) in [5.41, 5.74) is 15.0. The third-order valence-electron chi connectivity index (χ3n) is 11.8. The van der Waals surface area contributed by atoms with Gasteiger partial charge in [0, 0.05) is 38.8 Å². The van der Waals surface area contributed by atoms with E-state index in [1.54, 1.807) is 0 Å². The van der Waals surface area contributed by atoms with Crippen LogP contribution in [-0.4, -0.2) is 0 Å². The smallest absolute Gasteiger partial charge is 0.143 e. The van der Waals surface area contributed by atoms with Crippen LogP contribution < -0.4 is 4.90 Å². The van der Waals surface area contributed by atoms with Gasteiger partial charge in [0.25, 0.3) is 0 Å². The summed E-state index contributed by atoms with van der Waals surface area (Å²) in [7, 11) is 0. The molecule has 55 heavy (non-hydrogen) atoms. The molecule has 1 aliphatic carbocycles. The van der Waals surface area contributed by atoms with Crippen molar-refractivity contribution in [3.63, 3.8) is 0 Å². The van der Waals surface area contributed by atoms with E-state index in [0.29, 0.717) is 0 Å². The van der Waals surface area contributed by atoms with Crippen molar-refractivity contribution in [2.45, 2.75) is 19.3 Å². The van der Waals surface area contributed by atoms with Crippen molar-refractivity contribution in [3.8, 4) is 33.4 Å². The predicted octanol–water partition coefficient (Wildman–Crippen LogP) is 15.0. The van der Waals surface area contributed by atoms with Crippen LogP contribution in [0, 0.1) is 0 Å². The van der Waals surface area contributed by atoms with E-state index in [9.17, 15) is 0 Å². The number of furan rings is 1. The van der Waals surface area contributed by atoms with Gasteiger partial charge in [-0.1, -0.05) is 153 Å². The Morgan fingerprint density at radius 1 is 0.400 bits per heavy atom. The van der Waals surface area contributed by atoms with Crippen LogP contribution in [0.2, 0.25) is 0 Å². The van der Waals surface area contributed by atoms with Gasteiger partial charge in [0.1, 0.15) is 11.2 Å². The van der Waals surface area contributed by atoms with E-state index >= 15 is 0 Å². The van der Waals surface area contributed by atoms with Crippen LogP contribution in [0.1, 0.15) is 25.0 Å². The van der Waals surface area contributed by atoms with Crippen LogP contribution in [0.4, 0.5) is 17.1 Å². The molecule has 0 spiro atoms. The molecule has 0 aliphatic heterocycles. The van der Waals surface area contributed by atoms with Gasteiger partial charge in [-0.25, -0.2) is 0 Å². The summed E-state index contributed by atoms with van der Waals surface area (Å²) < 4.78 is 6.62. The number of para-hydroxylation sites is 1. The Morgan fingerprint density at radius 3 is 1.93 bits per heavy atom. The number of anilines is 3. The highest BCUT2D eigenvalue weighted by Crippen LogP contribution is 2.51. The first kappa shape index (κ1) is 31.6. The third-order valence-corrected chi connectivity index (χ3v) is 11.8. The zero-order valence-electron chi connectivity index (χ0n) is 30.8. The number of rotatable bonds is 5.